The van der Waals surface area contributed by atoms with Gasteiger partial charge in [-0.2, -0.15) is 0 Å². The fourth-order valence-corrected chi connectivity index (χ4v) is 4.78. The molecule has 1 aliphatic rings. The first kappa shape index (κ1) is 21.3. The summed E-state index contributed by atoms with van der Waals surface area (Å²) >= 11 is 7.62. The van der Waals surface area contributed by atoms with E-state index in [-0.39, 0.29) is 29.5 Å². The summed E-state index contributed by atoms with van der Waals surface area (Å²) in [5.41, 5.74) is 7.53. The van der Waals surface area contributed by atoms with Crippen molar-refractivity contribution in [3.8, 4) is 0 Å². The van der Waals surface area contributed by atoms with Gasteiger partial charge in [-0.15, -0.1) is 11.3 Å². The molecule has 0 aliphatic heterocycles. The number of aromatic nitrogens is 3. The summed E-state index contributed by atoms with van der Waals surface area (Å²) in [6.07, 6.45) is 4.39. The summed E-state index contributed by atoms with van der Waals surface area (Å²) in [5.74, 6) is -0.0908. The number of halogens is 1. The van der Waals surface area contributed by atoms with Crippen LogP contribution in [0.1, 0.15) is 22.6 Å². The number of carbonyl (C=O) groups excluding carboxylic acids is 1. The molecule has 31 heavy (non-hydrogen) atoms. The Balaban J connectivity index is 1.37. The van der Waals surface area contributed by atoms with Crippen LogP contribution < -0.4 is 21.9 Å². The molecule has 8 nitrogen and oxygen atoms in total. The van der Waals surface area contributed by atoms with Crippen molar-refractivity contribution in [2.45, 2.75) is 38.3 Å². The Kier molecular flexibility index (Phi) is 6.53. The van der Waals surface area contributed by atoms with E-state index in [1.807, 2.05) is 30.3 Å². The molecule has 4 rings (SSSR count). The minimum absolute atomic E-state index is 0.0142. The second-order valence-corrected chi connectivity index (χ2v) is 8.91. The maximum Gasteiger partial charge on any atom is 0.294 e. The van der Waals surface area contributed by atoms with Crippen LogP contribution in [-0.2, 0) is 30.6 Å². The molecule has 1 amide bonds. The Morgan fingerprint density at radius 1 is 1.32 bits per heavy atom. The van der Waals surface area contributed by atoms with Gasteiger partial charge in [0, 0.05) is 23.9 Å². The summed E-state index contributed by atoms with van der Waals surface area (Å²) in [7, 11) is 0. The molecule has 4 N–H and O–H groups in total. The quantitative estimate of drug-likeness (QED) is 0.500. The van der Waals surface area contributed by atoms with Crippen LogP contribution >= 0.6 is 22.9 Å². The van der Waals surface area contributed by atoms with E-state index < -0.39 is 5.56 Å². The summed E-state index contributed by atoms with van der Waals surface area (Å²) in [5, 5.41) is 6.72. The fraction of sp³-hybridized carbons (Fsp3) is 0.333. The molecule has 162 valence electrons. The minimum Gasteiger partial charge on any atom is -0.375 e. The number of hydrogen-bond donors (Lipinski definition) is 3. The number of amides is 1. The Morgan fingerprint density at radius 2 is 2.13 bits per heavy atom. The van der Waals surface area contributed by atoms with Crippen LogP contribution in [0.15, 0.2) is 41.3 Å². The van der Waals surface area contributed by atoms with E-state index in [0.717, 1.165) is 35.4 Å². The predicted molar refractivity (Wildman–Crippen MR) is 123 cm³/mol. The Hall–Kier alpha value is -2.91. The first-order valence-electron chi connectivity index (χ1n) is 10.1. The van der Waals surface area contributed by atoms with E-state index in [0.29, 0.717) is 18.1 Å². The third kappa shape index (κ3) is 5.23. The lowest BCUT2D eigenvalue weighted by Gasteiger charge is -2.22. The van der Waals surface area contributed by atoms with Crippen LogP contribution in [-0.4, -0.2) is 33.0 Å². The maximum absolute atomic E-state index is 12.8. The molecule has 0 spiro atoms. The lowest BCUT2D eigenvalue weighted by atomic mass is 9.98. The third-order valence-electron chi connectivity index (χ3n) is 5.18. The summed E-state index contributed by atoms with van der Waals surface area (Å²) in [6, 6.07) is 9.93. The summed E-state index contributed by atoms with van der Waals surface area (Å²) < 4.78 is 1.23. The van der Waals surface area contributed by atoms with Crippen LogP contribution in [0.3, 0.4) is 0 Å². The SMILES string of the molecule is Nc1nc2c(s1)CC(NC(=O)Cn1c(Cl)cnc(NCCc3ccccc3)c1=O)CC2. The van der Waals surface area contributed by atoms with Crippen molar-refractivity contribution in [1.82, 2.24) is 19.9 Å². The van der Waals surface area contributed by atoms with Gasteiger partial charge in [-0.05, 0) is 24.8 Å². The van der Waals surface area contributed by atoms with E-state index >= 15 is 0 Å². The molecule has 1 atom stereocenters. The molecule has 0 radical (unpaired) electrons. The molecule has 2 aromatic heterocycles. The van der Waals surface area contributed by atoms with Gasteiger partial charge >= 0.3 is 0 Å². The van der Waals surface area contributed by atoms with Gasteiger partial charge in [0.25, 0.3) is 5.56 Å². The maximum atomic E-state index is 12.8. The molecule has 0 saturated heterocycles. The van der Waals surface area contributed by atoms with Crippen molar-refractivity contribution in [1.29, 1.82) is 0 Å². The van der Waals surface area contributed by atoms with E-state index in [2.05, 4.69) is 20.6 Å². The van der Waals surface area contributed by atoms with Crippen molar-refractivity contribution in [3.05, 3.63) is 68.2 Å². The monoisotopic (exact) mass is 458 g/mol. The van der Waals surface area contributed by atoms with Crippen LogP contribution in [0.4, 0.5) is 10.9 Å². The van der Waals surface area contributed by atoms with Gasteiger partial charge in [-0.25, -0.2) is 9.97 Å². The number of nitrogens with zero attached hydrogens (tertiary/aromatic N) is 3. The average Bonchev–Trinajstić information content (AvgIpc) is 3.13. The molecule has 1 unspecified atom stereocenters. The normalized spacial score (nSPS) is 15.3. The van der Waals surface area contributed by atoms with Gasteiger partial charge in [0.1, 0.15) is 11.7 Å². The molecule has 1 aromatic carbocycles. The largest absolute Gasteiger partial charge is 0.375 e. The van der Waals surface area contributed by atoms with Gasteiger partial charge in [-0.3, -0.25) is 14.2 Å². The molecule has 0 bridgehead atoms. The zero-order chi connectivity index (χ0) is 21.8. The second kappa shape index (κ2) is 9.49. The zero-order valence-electron chi connectivity index (χ0n) is 16.8. The number of anilines is 2. The van der Waals surface area contributed by atoms with Crippen LogP contribution in [0.2, 0.25) is 5.15 Å². The van der Waals surface area contributed by atoms with Crippen molar-refractivity contribution >= 4 is 39.8 Å². The first-order valence-corrected chi connectivity index (χ1v) is 11.3. The summed E-state index contributed by atoms with van der Waals surface area (Å²) in [6.45, 7) is 0.379. The van der Waals surface area contributed by atoms with Gasteiger partial charge in [0.2, 0.25) is 5.91 Å². The number of nitrogens with one attached hydrogen (secondary N) is 2. The van der Waals surface area contributed by atoms with Crippen molar-refractivity contribution in [2.24, 2.45) is 0 Å². The van der Waals surface area contributed by atoms with Gasteiger partial charge in [0.15, 0.2) is 10.9 Å². The van der Waals surface area contributed by atoms with Gasteiger partial charge < -0.3 is 16.4 Å². The highest BCUT2D eigenvalue weighted by atomic mass is 35.5. The number of fused-ring (bicyclic) bond motifs is 1. The Labute approximate surface area is 188 Å². The lowest BCUT2D eigenvalue weighted by Crippen LogP contribution is -2.42. The predicted octanol–water partition coefficient (Wildman–Crippen LogP) is 2.26. The van der Waals surface area contributed by atoms with E-state index in [4.69, 9.17) is 17.3 Å². The molecular weight excluding hydrogens is 436 g/mol. The average molecular weight is 459 g/mol. The smallest absolute Gasteiger partial charge is 0.294 e. The number of aryl methyl sites for hydroxylation is 1. The lowest BCUT2D eigenvalue weighted by molar-refractivity contribution is -0.122. The minimum atomic E-state index is -0.420. The van der Waals surface area contributed by atoms with Crippen LogP contribution in [0.25, 0.3) is 0 Å². The number of thiazole rings is 1. The van der Waals surface area contributed by atoms with E-state index in [9.17, 15) is 9.59 Å². The first-order chi connectivity index (χ1) is 15.0. The molecule has 3 aromatic rings. The number of hydrogen-bond acceptors (Lipinski definition) is 7. The highest BCUT2D eigenvalue weighted by molar-refractivity contribution is 7.15. The highest BCUT2D eigenvalue weighted by Crippen LogP contribution is 2.28. The number of nitrogen functional groups attached to an aromatic ring is 1. The molecule has 1 aliphatic carbocycles. The number of carbonyl (C=O) groups is 1. The summed E-state index contributed by atoms with van der Waals surface area (Å²) in [4.78, 5) is 34.9. The fourth-order valence-electron chi connectivity index (χ4n) is 3.64. The molecule has 0 fully saturated rings. The molecule has 2 heterocycles. The van der Waals surface area contributed by atoms with Crippen molar-refractivity contribution in [2.75, 3.05) is 17.6 Å². The third-order valence-corrected chi connectivity index (χ3v) is 6.43. The standard InChI is InChI=1S/C21H23ClN6O2S/c22-17-11-25-19(24-9-8-13-4-2-1-3-5-13)20(30)28(17)12-18(29)26-14-6-7-15-16(10-14)31-21(23)27-15/h1-5,11,14H,6-10,12H2,(H2,23,27)(H,24,25)(H,26,29). The van der Waals surface area contributed by atoms with Gasteiger partial charge in [-0.1, -0.05) is 41.9 Å². The van der Waals surface area contributed by atoms with Crippen molar-refractivity contribution in [3.63, 3.8) is 0 Å². The number of rotatable bonds is 7. The molecule has 10 heteroatoms. The molecular formula is C21H23ClN6O2S. The zero-order valence-corrected chi connectivity index (χ0v) is 18.4. The Morgan fingerprint density at radius 3 is 2.94 bits per heavy atom. The van der Waals surface area contributed by atoms with E-state index in [1.54, 1.807) is 0 Å². The van der Waals surface area contributed by atoms with Crippen LogP contribution in [0.5, 0.6) is 0 Å². The highest BCUT2D eigenvalue weighted by Gasteiger charge is 2.24. The van der Waals surface area contributed by atoms with Gasteiger partial charge in [0.05, 0.1) is 11.9 Å². The van der Waals surface area contributed by atoms with E-state index in [1.165, 1.54) is 22.1 Å². The van der Waals surface area contributed by atoms with Crippen molar-refractivity contribution < 1.29 is 4.79 Å². The second-order valence-electron chi connectivity index (χ2n) is 7.41. The topological polar surface area (TPSA) is 115 Å². The number of nitrogens with two attached hydrogens (primary N) is 1. The number of benzene rings is 1. The van der Waals surface area contributed by atoms with Crippen LogP contribution in [0, 0.1) is 0 Å². The molecule has 0 saturated carbocycles. The Bertz CT molecular complexity index is 1130.